The minimum absolute atomic E-state index is 0.103. The van der Waals surface area contributed by atoms with Crippen molar-refractivity contribution in [1.82, 2.24) is 0 Å². The average molecular weight is 1080 g/mol. The Morgan fingerprint density at radius 3 is 0.782 bits per heavy atom. The van der Waals surface area contributed by atoms with Gasteiger partial charge in [-0.05, 0) is 109 Å². The van der Waals surface area contributed by atoms with E-state index in [1.807, 2.05) is 0 Å². The van der Waals surface area contributed by atoms with Gasteiger partial charge in [0.05, 0.1) is 0 Å². The van der Waals surface area contributed by atoms with Crippen LogP contribution < -0.4 is 0 Å². The second-order valence-electron chi connectivity index (χ2n) is 21.3. The second-order valence-corrected chi connectivity index (χ2v) is 21.3. The van der Waals surface area contributed by atoms with Crippen molar-refractivity contribution in [3.05, 3.63) is 122 Å². The zero-order valence-corrected chi connectivity index (χ0v) is 50.9. The van der Waals surface area contributed by atoms with E-state index in [4.69, 9.17) is 14.2 Å². The summed E-state index contributed by atoms with van der Waals surface area (Å²) in [6, 6.07) is 0. The number of rotatable bonds is 58. The molecule has 0 aliphatic heterocycles. The number of esters is 3. The maximum absolute atomic E-state index is 12.9. The Kier molecular flexibility index (Phi) is 61.8. The molecular weight excluding hydrogens is 961 g/mol. The van der Waals surface area contributed by atoms with E-state index in [1.165, 1.54) is 122 Å². The van der Waals surface area contributed by atoms with E-state index in [9.17, 15) is 14.4 Å². The summed E-state index contributed by atoms with van der Waals surface area (Å²) in [5.74, 6) is -0.961. The van der Waals surface area contributed by atoms with Crippen molar-refractivity contribution >= 4 is 17.9 Å². The highest BCUT2D eigenvalue weighted by molar-refractivity contribution is 5.71. The highest BCUT2D eigenvalue weighted by Gasteiger charge is 2.19. The molecule has 0 aromatic rings. The van der Waals surface area contributed by atoms with Gasteiger partial charge in [0.25, 0.3) is 0 Å². The van der Waals surface area contributed by atoms with Gasteiger partial charge in [0.1, 0.15) is 13.2 Å². The van der Waals surface area contributed by atoms with Crippen LogP contribution in [0.25, 0.3) is 0 Å². The second kappa shape index (κ2) is 65.3. The topological polar surface area (TPSA) is 78.9 Å². The summed E-state index contributed by atoms with van der Waals surface area (Å²) in [6.45, 7) is 6.39. The van der Waals surface area contributed by atoms with E-state index in [0.29, 0.717) is 12.8 Å². The van der Waals surface area contributed by atoms with Crippen molar-refractivity contribution in [3.63, 3.8) is 0 Å². The SMILES string of the molecule is CC/C=C\C/C=C\C/C=C\C/C=C\C/C=C\CCCCCC(=O)OCC(COC(=O)CCCCCCCCCCCCCCCCCCCCCCCC)OC(=O)CCCCC/C=C\C/C=C\C/C=C\C/C=C\C/C=C\CC. The fourth-order valence-corrected chi connectivity index (χ4v) is 8.91. The number of ether oxygens (including phenoxy) is 3. The molecule has 0 aliphatic rings. The molecular formula is C72H120O6. The summed E-state index contributed by atoms with van der Waals surface area (Å²) >= 11 is 0. The molecule has 0 rings (SSSR count). The lowest BCUT2D eigenvalue weighted by Gasteiger charge is -2.18. The zero-order valence-electron chi connectivity index (χ0n) is 50.9. The average Bonchev–Trinajstić information content (AvgIpc) is 3.44. The van der Waals surface area contributed by atoms with Crippen molar-refractivity contribution in [1.29, 1.82) is 0 Å². The van der Waals surface area contributed by atoms with E-state index in [2.05, 4.69) is 142 Å². The van der Waals surface area contributed by atoms with E-state index in [-0.39, 0.29) is 37.5 Å². The third-order valence-electron chi connectivity index (χ3n) is 13.7. The molecule has 0 aromatic heterocycles. The number of hydrogen-bond acceptors (Lipinski definition) is 6. The molecule has 0 saturated heterocycles. The molecule has 78 heavy (non-hydrogen) atoms. The van der Waals surface area contributed by atoms with Gasteiger partial charge in [-0.1, -0.05) is 290 Å². The van der Waals surface area contributed by atoms with Crippen LogP contribution in [0.5, 0.6) is 0 Å². The van der Waals surface area contributed by atoms with Gasteiger partial charge in [-0.25, -0.2) is 0 Å². The summed E-state index contributed by atoms with van der Waals surface area (Å²) in [4.78, 5) is 38.4. The fraction of sp³-hybridized carbons (Fsp3) is 0.681. The Bertz CT molecular complexity index is 1620. The number of unbranched alkanes of at least 4 members (excludes halogenated alkanes) is 27. The van der Waals surface area contributed by atoms with Crippen LogP contribution in [-0.2, 0) is 28.6 Å². The van der Waals surface area contributed by atoms with Crippen LogP contribution in [0.4, 0.5) is 0 Å². The zero-order chi connectivity index (χ0) is 56.4. The molecule has 0 heterocycles. The highest BCUT2D eigenvalue weighted by atomic mass is 16.6. The lowest BCUT2D eigenvalue weighted by atomic mass is 10.0. The number of hydrogen-bond donors (Lipinski definition) is 0. The normalized spacial score (nSPS) is 12.9. The van der Waals surface area contributed by atoms with Gasteiger partial charge in [0.2, 0.25) is 0 Å². The first kappa shape index (κ1) is 73.8. The third-order valence-corrected chi connectivity index (χ3v) is 13.7. The monoisotopic (exact) mass is 1080 g/mol. The van der Waals surface area contributed by atoms with Crippen LogP contribution in [0.15, 0.2) is 122 Å². The Labute approximate surface area is 482 Å². The molecule has 1 unspecified atom stereocenters. The standard InChI is InChI=1S/C72H120O6/c1-4-7-10-13-16-19-22-25-28-31-34-35-36-39-41-44-47-50-53-56-59-62-65-71(74)77-68-69(78-72(75)66-63-60-57-54-51-48-45-42-38-33-30-27-24-21-18-15-12-9-6-3)67-76-70(73)64-61-58-55-52-49-46-43-40-37-32-29-26-23-20-17-14-11-8-5-2/h8-9,11-12,17-18,20-21,26-27,29-30,37-38,40,42,46,48-49,51,69H,4-7,10,13-16,19,22-25,28,31-36,39,41,43-45,47,50,52-68H2,1-3H3/b11-8-,12-9-,20-17-,21-18-,29-26-,30-27-,40-37-,42-38-,49-46-,51-48-. The Morgan fingerprint density at radius 1 is 0.269 bits per heavy atom. The van der Waals surface area contributed by atoms with Gasteiger partial charge < -0.3 is 14.2 Å². The summed E-state index contributed by atoms with van der Waals surface area (Å²) in [6.07, 6.45) is 90.6. The van der Waals surface area contributed by atoms with E-state index >= 15 is 0 Å². The largest absolute Gasteiger partial charge is 0.462 e. The van der Waals surface area contributed by atoms with Crippen molar-refractivity contribution in [2.45, 2.75) is 303 Å². The van der Waals surface area contributed by atoms with Gasteiger partial charge in [0.15, 0.2) is 6.10 Å². The lowest BCUT2D eigenvalue weighted by Crippen LogP contribution is -2.30. The van der Waals surface area contributed by atoms with Crippen LogP contribution in [0.1, 0.15) is 297 Å². The first-order valence-corrected chi connectivity index (χ1v) is 32.5. The molecule has 444 valence electrons. The smallest absolute Gasteiger partial charge is 0.306 e. The maximum atomic E-state index is 12.9. The fourth-order valence-electron chi connectivity index (χ4n) is 8.91. The number of carbonyl (C=O) groups is 3. The molecule has 0 spiro atoms. The van der Waals surface area contributed by atoms with Crippen molar-refractivity contribution < 1.29 is 28.6 Å². The number of carbonyl (C=O) groups excluding carboxylic acids is 3. The molecule has 0 bridgehead atoms. The van der Waals surface area contributed by atoms with Gasteiger partial charge in [-0.2, -0.15) is 0 Å². The Morgan fingerprint density at radius 2 is 0.500 bits per heavy atom. The van der Waals surface area contributed by atoms with Crippen LogP contribution in [0, 0.1) is 0 Å². The lowest BCUT2D eigenvalue weighted by molar-refractivity contribution is -0.167. The molecule has 6 nitrogen and oxygen atoms in total. The Balaban J connectivity index is 4.47. The molecule has 0 radical (unpaired) electrons. The predicted octanol–water partition coefficient (Wildman–Crippen LogP) is 22.4. The van der Waals surface area contributed by atoms with E-state index in [0.717, 1.165) is 135 Å². The van der Waals surface area contributed by atoms with Crippen LogP contribution in [0.2, 0.25) is 0 Å². The van der Waals surface area contributed by atoms with Gasteiger partial charge in [-0.3, -0.25) is 14.4 Å². The molecule has 0 aliphatic carbocycles. The van der Waals surface area contributed by atoms with Gasteiger partial charge in [0, 0.05) is 19.3 Å². The summed E-state index contributed by atoms with van der Waals surface area (Å²) in [7, 11) is 0. The van der Waals surface area contributed by atoms with E-state index < -0.39 is 6.10 Å². The molecule has 0 saturated carbocycles. The van der Waals surface area contributed by atoms with Crippen molar-refractivity contribution in [2.75, 3.05) is 13.2 Å². The maximum Gasteiger partial charge on any atom is 0.306 e. The summed E-state index contributed by atoms with van der Waals surface area (Å²) in [5.41, 5.74) is 0. The quantitative estimate of drug-likeness (QED) is 0.0261. The summed E-state index contributed by atoms with van der Waals surface area (Å²) < 4.78 is 16.9. The van der Waals surface area contributed by atoms with Crippen LogP contribution >= 0.6 is 0 Å². The molecule has 0 aromatic carbocycles. The van der Waals surface area contributed by atoms with Crippen LogP contribution in [-0.4, -0.2) is 37.2 Å². The third kappa shape index (κ3) is 62.7. The first-order chi connectivity index (χ1) is 38.5. The molecule has 1 atom stereocenters. The minimum Gasteiger partial charge on any atom is -0.462 e. The van der Waals surface area contributed by atoms with Gasteiger partial charge in [-0.15, -0.1) is 0 Å². The highest BCUT2D eigenvalue weighted by Crippen LogP contribution is 2.17. The van der Waals surface area contributed by atoms with Crippen molar-refractivity contribution in [2.24, 2.45) is 0 Å². The van der Waals surface area contributed by atoms with Crippen LogP contribution in [0.3, 0.4) is 0 Å². The molecule has 0 fully saturated rings. The van der Waals surface area contributed by atoms with Gasteiger partial charge >= 0.3 is 17.9 Å². The first-order valence-electron chi connectivity index (χ1n) is 32.5. The predicted molar refractivity (Wildman–Crippen MR) is 339 cm³/mol. The van der Waals surface area contributed by atoms with E-state index in [1.54, 1.807) is 0 Å². The molecule has 0 N–H and O–H groups in total. The Hall–Kier alpha value is -4.19. The number of allylic oxidation sites excluding steroid dienone is 20. The van der Waals surface area contributed by atoms with Crippen molar-refractivity contribution in [3.8, 4) is 0 Å². The molecule has 0 amide bonds. The molecule has 6 heteroatoms. The summed E-state index contributed by atoms with van der Waals surface area (Å²) in [5, 5.41) is 0. The minimum atomic E-state index is -0.813.